The van der Waals surface area contributed by atoms with Crippen LogP contribution in [0.2, 0.25) is 0 Å². The van der Waals surface area contributed by atoms with Crippen LogP contribution in [0.25, 0.3) is 0 Å². The largest absolute Gasteiger partial charge is 0.315 e. The van der Waals surface area contributed by atoms with Crippen molar-refractivity contribution in [2.45, 2.75) is 65.3 Å². The van der Waals surface area contributed by atoms with Gasteiger partial charge in [0.25, 0.3) is 0 Å². The summed E-state index contributed by atoms with van der Waals surface area (Å²) < 4.78 is 0. The van der Waals surface area contributed by atoms with E-state index in [9.17, 15) is 0 Å². The van der Waals surface area contributed by atoms with Crippen LogP contribution in [0, 0.1) is 5.92 Å². The highest BCUT2D eigenvalue weighted by molar-refractivity contribution is 4.81. The summed E-state index contributed by atoms with van der Waals surface area (Å²) in [5.74, 6) is 0.919. The molecule has 102 valence electrons. The van der Waals surface area contributed by atoms with E-state index in [2.05, 4.69) is 31.0 Å². The van der Waals surface area contributed by atoms with E-state index in [1.807, 2.05) is 0 Å². The smallest absolute Gasteiger partial charge is 0.0232 e. The molecule has 0 amide bonds. The molecule has 0 aromatic heterocycles. The first-order chi connectivity index (χ1) is 8.31. The summed E-state index contributed by atoms with van der Waals surface area (Å²) in [5, 5.41) is 3.50. The van der Waals surface area contributed by atoms with Gasteiger partial charge >= 0.3 is 0 Å². The van der Waals surface area contributed by atoms with Crippen molar-refractivity contribution in [1.29, 1.82) is 0 Å². The Kier molecular flexibility index (Phi) is 7.87. The molecule has 1 N–H and O–H groups in total. The lowest BCUT2D eigenvalue weighted by Gasteiger charge is -2.31. The third-order valence-corrected chi connectivity index (χ3v) is 4.10. The minimum absolute atomic E-state index is 0.811. The van der Waals surface area contributed by atoms with Crippen LogP contribution in [0.5, 0.6) is 0 Å². The molecule has 17 heavy (non-hydrogen) atoms. The Morgan fingerprint density at radius 1 is 1.24 bits per heavy atom. The van der Waals surface area contributed by atoms with E-state index in [1.54, 1.807) is 0 Å². The van der Waals surface area contributed by atoms with E-state index in [4.69, 9.17) is 0 Å². The second kappa shape index (κ2) is 8.93. The summed E-state index contributed by atoms with van der Waals surface area (Å²) in [6.45, 7) is 12.0. The van der Waals surface area contributed by atoms with Gasteiger partial charge in [-0.1, -0.05) is 40.0 Å². The van der Waals surface area contributed by atoms with Crippen molar-refractivity contribution >= 4 is 0 Å². The van der Waals surface area contributed by atoms with Gasteiger partial charge in [-0.15, -0.1) is 0 Å². The van der Waals surface area contributed by atoms with E-state index in [-0.39, 0.29) is 0 Å². The first kappa shape index (κ1) is 15.0. The van der Waals surface area contributed by atoms with Gasteiger partial charge in [-0.25, -0.2) is 0 Å². The van der Waals surface area contributed by atoms with Crippen LogP contribution in [0.15, 0.2) is 0 Å². The third-order valence-electron chi connectivity index (χ3n) is 4.10. The monoisotopic (exact) mass is 240 g/mol. The number of nitrogens with one attached hydrogen (secondary N) is 1. The van der Waals surface area contributed by atoms with Gasteiger partial charge < -0.3 is 5.32 Å². The van der Waals surface area contributed by atoms with Crippen LogP contribution < -0.4 is 5.32 Å². The molecule has 0 radical (unpaired) electrons. The molecule has 1 heterocycles. The van der Waals surface area contributed by atoms with Crippen molar-refractivity contribution in [3.8, 4) is 0 Å². The Morgan fingerprint density at radius 3 is 2.59 bits per heavy atom. The minimum Gasteiger partial charge on any atom is -0.315 e. The molecule has 0 aromatic carbocycles. The molecular formula is C15H32N2. The van der Waals surface area contributed by atoms with Crippen LogP contribution in [0.1, 0.15) is 59.3 Å². The van der Waals surface area contributed by atoms with Gasteiger partial charge in [0.1, 0.15) is 0 Å². The molecule has 1 aliphatic heterocycles. The zero-order chi connectivity index (χ0) is 12.5. The van der Waals surface area contributed by atoms with Crippen molar-refractivity contribution in [1.82, 2.24) is 10.2 Å². The molecule has 1 saturated heterocycles. The lowest BCUT2D eigenvalue weighted by molar-refractivity contribution is 0.168. The molecule has 2 nitrogen and oxygen atoms in total. The molecule has 0 saturated carbocycles. The first-order valence-electron chi connectivity index (χ1n) is 7.76. The molecule has 0 bridgehead atoms. The minimum atomic E-state index is 0.811. The predicted octanol–water partition coefficient (Wildman–Crippen LogP) is 3.28. The Morgan fingerprint density at radius 2 is 2.06 bits per heavy atom. The molecular weight excluding hydrogens is 208 g/mol. The van der Waals surface area contributed by atoms with Crippen molar-refractivity contribution < 1.29 is 0 Å². The van der Waals surface area contributed by atoms with Gasteiger partial charge in [0, 0.05) is 19.1 Å². The van der Waals surface area contributed by atoms with E-state index in [0.29, 0.717) is 0 Å². The number of nitrogens with zero attached hydrogens (tertiary/aromatic N) is 1. The number of hydrogen-bond acceptors (Lipinski definition) is 2. The van der Waals surface area contributed by atoms with E-state index in [1.165, 1.54) is 64.7 Å². The maximum atomic E-state index is 3.50. The topological polar surface area (TPSA) is 15.3 Å². The van der Waals surface area contributed by atoms with Crippen LogP contribution in [0.4, 0.5) is 0 Å². The van der Waals surface area contributed by atoms with Gasteiger partial charge in [0.15, 0.2) is 0 Å². The summed E-state index contributed by atoms with van der Waals surface area (Å²) in [6, 6.07) is 0.811. The van der Waals surface area contributed by atoms with Gasteiger partial charge in [-0.2, -0.15) is 0 Å². The normalized spacial score (nSPS) is 22.2. The highest BCUT2D eigenvalue weighted by atomic mass is 15.2. The number of rotatable bonds is 9. The summed E-state index contributed by atoms with van der Waals surface area (Å²) in [4.78, 5) is 2.75. The van der Waals surface area contributed by atoms with Gasteiger partial charge in [0.05, 0.1) is 0 Å². The average molecular weight is 240 g/mol. The van der Waals surface area contributed by atoms with Crippen molar-refractivity contribution in [3.05, 3.63) is 0 Å². The Bertz CT molecular complexity index is 176. The Hall–Kier alpha value is -0.0800. The highest BCUT2D eigenvalue weighted by Gasteiger charge is 2.23. The number of hydrogen-bond donors (Lipinski definition) is 1. The van der Waals surface area contributed by atoms with Crippen LogP contribution >= 0.6 is 0 Å². The van der Waals surface area contributed by atoms with Crippen LogP contribution in [-0.2, 0) is 0 Å². The van der Waals surface area contributed by atoms with E-state index < -0.39 is 0 Å². The first-order valence-corrected chi connectivity index (χ1v) is 7.76. The second-order valence-corrected chi connectivity index (χ2v) is 5.56. The SMILES string of the molecule is CCCCC(CC)CN(CCC)C1CCNC1. The fourth-order valence-corrected chi connectivity index (χ4v) is 2.91. The lowest BCUT2D eigenvalue weighted by Crippen LogP contribution is -2.40. The van der Waals surface area contributed by atoms with Crippen molar-refractivity contribution in [2.24, 2.45) is 5.92 Å². The highest BCUT2D eigenvalue weighted by Crippen LogP contribution is 2.18. The zero-order valence-electron chi connectivity index (χ0n) is 12.2. The quantitative estimate of drug-likeness (QED) is 0.665. The molecule has 1 aliphatic rings. The molecule has 1 fully saturated rings. The molecule has 2 unspecified atom stereocenters. The maximum Gasteiger partial charge on any atom is 0.0232 e. The molecule has 1 rings (SSSR count). The molecule has 2 atom stereocenters. The second-order valence-electron chi connectivity index (χ2n) is 5.56. The fourth-order valence-electron chi connectivity index (χ4n) is 2.91. The molecule has 0 spiro atoms. The van der Waals surface area contributed by atoms with Gasteiger partial charge in [-0.05, 0) is 38.3 Å². The van der Waals surface area contributed by atoms with Crippen molar-refractivity contribution in [2.75, 3.05) is 26.2 Å². The maximum absolute atomic E-state index is 3.50. The lowest BCUT2D eigenvalue weighted by atomic mass is 9.97. The summed E-state index contributed by atoms with van der Waals surface area (Å²) >= 11 is 0. The molecule has 0 aromatic rings. The van der Waals surface area contributed by atoms with E-state index in [0.717, 1.165) is 12.0 Å². The van der Waals surface area contributed by atoms with Crippen LogP contribution in [-0.4, -0.2) is 37.1 Å². The predicted molar refractivity (Wildman–Crippen MR) is 76.4 cm³/mol. The average Bonchev–Trinajstić information content (AvgIpc) is 2.87. The Balaban J connectivity index is 2.39. The standard InChI is InChI=1S/C15H32N2/c1-4-7-8-14(6-3)13-17(11-5-2)15-9-10-16-12-15/h14-16H,4-13H2,1-3H3. The summed E-state index contributed by atoms with van der Waals surface area (Å²) in [7, 11) is 0. The number of unbranched alkanes of at least 4 members (excludes halogenated alkanes) is 1. The Labute approximate surface area is 108 Å². The van der Waals surface area contributed by atoms with Gasteiger partial charge in [-0.3, -0.25) is 4.90 Å². The molecule has 0 aliphatic carbocycles. The summed E-state index contributed by atoms with van der Waals surface area (Å²) in [6.07, 6.45) is 8.16. The third kappa shape index (κ3) is 5.39. The van der Waals surface area contributed by atoms with Gasteiger partial charge in [0.2, 0.25) is 0 Å². The summed E-state index contributed by atoms with van der Waals surface area (Å²) in [5.41, 5.74) is 0. The van der Waals surface area contributed by atoms with Crippen molar-refractivity contribution in [3.63, 3.8) is 0 Å². The fraction of sp³-hybridized carbons (Fsp3) is 1.00. The zero-order valence-corrected chi connectivity index (χ0v) is 12.2. The molecule has 2 heteroatoms. The van der Waals surface area contributed by atoms with Crippen LogP contribution in [0.3, 0.4) is 0 Å². The van der Waals surface area contributed by atoms with E-state index >= 15 is 0 Å².